The molecule has 4 nitrogen and oxygen atoms in total. The lowest BCUT2D eigenvalue weighted by Crippen LogP contribution is -2.35. The van der Waals surface area contributed by atoms with Gasteiger partial charge in [-0.05, 0) is 54.8 Å². The number of carbonyl (C=O) groups excluding carboxylic acids is 1. The van der Waals surface area contributed by atoms with Crippen molar-refractivity contribution in [3.8, 4) is 0 Å². The van der Waals surface area contributed by atoms with E-state index in [0.717, 1.165) is 28.1 Å². The zero-order valence-electron chi connectivity index (χ0n) is 16.9. The summed E-state index contributed by atoms with van der Waals surface area (Å²) in [6.07, 6.45) is 3.69. The summed E-state index contributed by atoms with van der Waals surface area (Å²) < 4.78 is 15.2. The first kappa shape index (κ1) is 20.4. The van der Waals surface area contributed by atoms with Gasteiger partial charge in [0.2, 0.25) is 0 Å². The van der Waals surface area contributed by atoms with Crippen molar-refractivity contribution in [1.82, 2.24) is 9.47 Å². The molecule has 3 rings (SSSR count). The molecule has 0 bridgehead atoms. The molecule has 0 aliphatic carbocycles. The van der Waals surface area contributed by atoms with Crippen LogP contribution in [0.2, 0.25) is 0 Å². The maximum absolute atomic E-state index is 13.2. The highest BCUT2D eigenvalue weighted by atomic mass is 19.1. The molecule has 0 spiro atoms. The summed E-state index contributed by atoms with van der Waals surface area (Å²) in [6.45, 7) is 9.23. The molecule has 0 fully saturated rings. The summed E-state index contributed by atoms with van der Waals surface area (Å²) in [5.41, 5.74) is 4.88. The highest BCUT2D eigenvalue weighted by molar-refractivity contribution is 5.91. The number of para-hydroxylation sites is 1. The molecule has 1 N–H and O–H groups in total. The van der Waals surface area contributed by atoms with Crippen LogP contribution in [-0.4, -0.2) is 22.0 Å². The van der Waals surface area contributed by atoms with Crippen molar-refractivity contribution in [3.05, 3.63) is 102 Å². The van der Waals surface area contributed by atoms with Crippen molar-refractivity contribution in [1.29, 1.82) is 0 Å². The Bertz CT molecular complexity index is 971. The molecule has 2 amide bonds. The number of urea groups is 1. The van der Waals surface area contributed by atoms with Crippen LogP contribution >= 0.6 is 0 Å². The predicted molar refractivity (Wildman–Crippen MR) is 115 cm³/mol. The van der Waals surface area contributed by atoms with Crippen LogP contribution in [0, 0.1) is 19.7 Å². The van der Waals surface area contributed by atoms with Crippen LogP contribution in [-0.2, 0) is 13.1 Å². The minimum Gasteiger partial charge on any atom is -0.345 e. The molecule has 29 heavy (non-hydrogen) atoms. The average molecular weight is 391 g/mol. The molecule has 0 saturated carbocycles. The average Bonchev–Trinajstić information content (AvgIpc) is 3.13. The summed E-state index contributed by atoms with van der Waals surface area (Å²) in [5, 5.41) is 3.04. The zero-order valence-corrected chi connectivity index (χ0v) is 16.9. The fourth-order valence-electron chi connectivity index (χ4n) is 3.30. The normalized spacial score (nSPS) is 10.6. The monoisotopic (exact) mass is 391 g/mol. The van der Waals surface area contributed by atoms with Gasteiger partial charge in [0.1, 0.15) is 5.82 Å². The van der Waals surface area contributed by atoms with E-state index >= 15 is 0 Å². The predicted octanol–water partition coefficient (Wildman–Crippen LogP) is 5.51. The van der Waals surface area contributed by atoms with E-state index in [1.54, 1.807) is 23.1 Å². The number of hydrogen-bond donors (Lipinski definition) is 1. The summed E-state index contributed by atoms with van der Waals surface area (Å²) >= 11 is 0. The number of halogens is 1. The van der Waals surface area contributed by atoms with Crippen LogP contribution in [0.1, 0.15) is 22.4 Å². The zero-order chi connectivity index (χ0) is 20.8. The Morgan fingerprint density at radius 1 is 1.10 bits per heavy atom. The fourth-order valence-corrected chi connectivity index (χ4v) is 3.30. The van der Waals surface area contributed by atoms with Gasteiger partial charge in [-0.2, -0.15) is 0 Å². The van der Waals surface area contributed by atoms with E-state index in [-0.39, 0.29) is 11.8 Å². The molecule has 2 aromatic carbocycles. The number of amides is 2. The molecule has 0 aliphatic heterocycles. The molecule has 0 radical (unpaired) electrons. The summed E-state index contributed by atoms with van der Waals surface area (Å²) in [4.78, 5) is 14.7. The highest BCUT2D eigenvalue weighted by Gasteiger charge is 2.16. The summed E-state index contributed by atoms with van der Waals surface area (Å²) in [6, 6.07) is 16.2. The first-order valence-electron chi connectivity index (χ1n) is 9.59. The van der Waals surface area contributed by atoms with Gasteiger partial charge < -0.3 is 14.8 Å². The van der Waals surface area contributed by atoms with Crippen molar-refractivity contribution in [2.24, 2.45) is 0 Å². The molecule has 0 saturated heterocycles. The number of hydrogen-bond acceptors (Lipinski definition) is 1. The Kier molecular flexibility index (Phi) is 6.50. The third kappa shape index (κ3) is 5.13. The van der Waals surface area contributed by atoms with Gasteiger partial charge in [0.05, 0.1) is 6.54 Å². The third-order valence-electron chi connectivity index (χ3n) is 4.89. The largest absolute Gasteiger partial charge is 0.345 e. The van der Waals surface area contributed by atoms with Gasteiger partial charge in [0.25, 0.3) is 0 Å². The van der Waals surface area contributed by atoms with Crippen molar-refractivity contribution >= 4 is 11.7 Å². The standard InChI is InChI=1S/C24H26FN3O/c1-4-14-28(24(29)26-23-18(2)7-5-8-19(23)3)17-22-9-6-15-27(22)16-20-10-12-21(25)13-11-20/h4-13,15H,1,14,16-17H2,2-3H3,(H,26,29). The lowest BCUT2D eigenvalue weighted by atomic mass is 10.1. The Morgan fingerprint density at radius 2 is 1.79 bits per heavy atom. The fraction of sp³-hybridized carbons (Fsp3) is 0.208. The number of anilines is 1. The quantitative estimate of drug-likeness (QED) is 0.530. The van der Waals surface area contributed by atoms with Crippen LogP contribution in [0.5, 0.6) is 0 Å². The minimum absolute atomic E-state index is 0.170. The lowest BCUT2D eigenvalue weighted by molar-refractivity contribution is 0.214. The Balaban J connectivity index is 1.75. The Hall–Kier alpha value is -3.34. The molecular weight excluding hydrogens is 365 g/mol. The smallest absolute Gasteiger partial charge is 0.322 e. The first-order chi connectivity index (χ1) is 14.0. The van der Waals surface area contributed by atoms with E-state index in [0.29, 0.717) is 19.6 Å². The van der Waals surface area contributed by atoms with Crippen LogP contribution in [0.25, 0.3) is 0 Å². The number of benzene rings is 2. The van der Waals surface area contributed by atoms with E-state index < -0.39 is 0 Å². The van der Waals surface area contributed by atoms with Crippen LogP contribution in [0.15, 0.2) is 73.4 Å². The minimum atomic E-state index is -0.248. The van der Waals surface area contributed by atoms with Crippen LogP contribution in [0.3, 0.4) is 0 Å². The van der Waals surface area contributed by atoms with E-state index in [2.05, 4.69) is 16.5 Å². The van der Waals surface area contributed by atoms with Crippen molar-refractivity contribution in [3.63, 3.8) is 0 Å². The van der Waals surface area contributed by atoms with Gasteiger partial charge in [-0.1, -0.05) is 36.4 Å². The van der Waals surface area contributed by atoms with Crippen molar-refractivity contribution in [2.75, 3.05) is 11.9 Å². The second-order valence-corrected chi connectivity index (χ2v) is 7.12. The topological polar surface area (TPSA) is 37.3 Å². The summed E-state index contributed by atoms with van der Waals surface area (Å²) in [5.74, 6) is -0.248. The summed E-state index contributed by atoms with van der Waals surface area (Å²) in [7, 11) is 0. The van der Waals surface area contributed by atoms with Crippen LogP contribution in [0.4, 0.5) is 14.9 Å². The van der Waals surface area contributed by atoms with Crippen molar-refractivity contribution in [2.45, 2.75) is 26.9 Å². The molecule has 3 aromatic rings. The number of aromatic nitrogens is 1. The number of aryl methyl sites for hydroxylation is 2. The van der Waals surface area contributed by atoms with Gasteiger partial charge >= 0.3 is 6.03 Å². The molecular formula is C24H26FN3O. The SMILES string of the molecule is C=CCN(Cc1cccn1Cc1ccc(F)cc1)C(=O)Nc1c(C)cccc1C. The van der Waals surface area contributed by atoms with Gasteiger partial charge in [0.15, 0.2) is 0 Å². The number of carbonyl (C=O) groups is 1. The van der Waals surface area contributed by atoms with Gasteiger partial charge in [0, 0.05) is 30.7 Å². The van der Waals surface area contributed by atoms with E-state index in [1.165, 1.54) is 12.1 Å². The molecule has 1 heterocycles. The van der Waals surface area contributed by atoms with Crippen molar-refractivity contribution < 1.29 is 9.18 Å². The van der Waals surface area contributed by atoms with Gasteiger partial charge in [-0.15, -0.1) is 6.58 Å². The maximum Gasteiger partial charge on any atom is 0.322 e. The van der Waals surface area contributed by atoms with Gasteiger partial charge in [-0.25, -0.2) is 9.18 Å². The first-order valence-corrected chi connectivity index (χ1v) is 9.59. The number of rotatable bonds is 7. The van der Waals surface area contributed by atoms with Gasteiger partial charge in [-0.3, -0.25) is 0 Å². The molecule has 0 aliphatic rings. The third-order valence-corrected chi connectivity index (χ3v) is 4.89. The number of nitrogens with zero attached hydrogens (tertiary/aromatic N) is 2. The molecule has 0 atom stereocenters. The molecule has 0 unspecified atom stereocenters. The maximum atomic E-state index is 13.2. The Morgan fingerprint density at radius 3 is 2.45 bits per heavy atom. The number of nitrogens with one attached hydrogen (secondary N) is 1. The van der Waals surface area contributed by atoms with Crippen LogP contribution < -0.4 is 5.32 Å². The van der Waals surface area contributed by atoms with E-state index in [4.69, 9.17) is 0 Å². The van der Waals surface area contributed by atoms with E-state index in [9.17, 15) is 9.18 Å². The molecule has 150 valence electrons. The van der Waals surface area contributed by atoms with E-state index in [1.807, 2.05) is 50.4 Å². The Labute approximate surface area is 171 Å². The second kappa shape index (κ2) is 9.24. The molecule has 5 heteroatoms. The second-order valence-electron chi connectivity index (χ2n) is 7.12. The lowest BCUT2D eigenvalue weighted by Gasteiger charge is -2.24. The highest BCUT2D eigenvalue weighted by Crippen LogP contribution is 2.20. The molecule has 1 aromatic heterocycles.